The number of hydrogen-bond acceptors (Lipinski definition) is 7. The van der Waals surface area contributed by atoms with E-state index in [1.54, 1.807) is 16.5 Å². The molecule has 6 rings (SSSR count). The molecular formula is C24H30N7O3+. The molecule has 5 heterocycles. The molecule has 2 fully saturated rings. The highest BCUT2D eigenvalue weighted by Crippen LogP contribution is 2.46. The Bertz CT molecular complexity index is 1200. The number of rotatable bonds is 5. The van der Waals surface area contributed by atoms with Crippen LogP contribution in [0.2, 0.25) is 0 Å². The Labute approximate surface area is 198 Å². The van der Waals surface area contributed by atoms with E-state index in [4.69, 9.17) is 4.74 Å². The lowest BCUT2D eigenvalue weighted by Crippen LogP contribution is -2.42. The quantitative estimate of drug-likeness (QED) is 0.525. The van der Waals surface area contributed by atoms with Crippen molar-refractivity contribution in [2.75, 3.05) is 13.2 Å². The minimum Gasteiger partial charge on any atom is -0.456 e. The van der Waals surface area contributed by atoms with Gasteiger partial charge in [-0.25, -0.2) is 4.79 Å². The second-order valence-corrected chi connectivity index (χ2v) is 10.1. The number of esters is 1. The lowest BCUT2D eigenvalue weighted by molar-refractivity contribution is -0.667. The van der Waals surface area contributed by atoms with Crippen LogP contribution in [0.4, 0.5) is 0 Å². The largest absolute Gasteiger partial charge is 0.456 e. The van der Waals surface area contributed by atoms with Crippen molar-refractivity contribution in [3.8, 4) is 5.82 Å². The Morgan fingerprint density at radius 2 is 2.00 bits per heavy atom. The van der Waals surface area contributed by atoms with Crippen molar-refractivity contribution >= 4 is 11.9 Å². The summed E-state index contributed by atoms with van der Waals surface area (Å²) in [6.07, 6.45) is 6.49. The Hall–Kier alpha value is -3.14. The van der Waals surface area contributed by atoms with Crippen molar-refractivity contribution < 1.29 is 19.0 Å². The molecule has 1 saturated heterocycles. The topological polar surface area (TPSA) is 106 Å². The maximum Gasteiger partial charge on any atom is 0.336 e. The van der Waals surface area contributed by atoms with Gasteiger partial charge < -0.3 is 15.0 Å². The van der Waals surface area contributed by atoms with Gasteiger partial charge in [0.05, 0.1) is 22.4 Å². The van der Waals surface area contributed by atoms with Gasteiger partial charge in [-0.3, -0.25) is 4.79 Å². The fraction of sp³-hybridized carbons (Fsp3) is 0.583. The minimum absolute atomic E-state index is 0.168. The average molecular weight is 465 g/mol. The van der Waals surface area contributed by atoms with Crippen LogP contribution in [-0.4, -0.2) is 56.1 Å². The van der Waals surface area contributed by atoms with Crippen molar-refractivity contribution in [1.82, 2.24) is 30.3 Å². The number of hydrogen-bond donors (Lipinski definition) is 1. The van der Waals surface area contributed by atoms with Gasteiger partial charge in [-0.15, -0.1) is 4.68 Å². The molecule has 0 bridgehead atoms. The Kier molecular flexibility index (Phi) is 4.84. The van der Waals surface area contributed by atoms with Gasteiger partial charge in [0, 0.05) is 35.5 Å². The molecule has 2 aromatic rings. The van der Waals surface area contributed by atoms with E-state index in [2.05, 4.69) is 34.6 Å². The monoisotopic (exact) mass is 464 g/mol. The number of ether oxygens (including phenoxy) is 1. The van der Waals surface area contributed by atoms with Crippen LogP contribution in [0.1, 0.15) is 68.9 Å². The number of carbonyl (C=O) groups is 2. The van der Waals surface area contributed by atoms with E-state index in [-0.39, 0.29) is 23.9 Å². The van der Waals surface area contributed by atoms with Gasteiger partial charge in [-0.2, -0.15) is 4.68 Å². The van der Waals surface area contributed by atoms with E-state index in [1.165, 1.54) is 5.69 Å². The van der Waals surface area contributed by atoms with Gasteiger partial charge >= 0.3 is 11.8 Å². The first kappa shape index (κ1) is 21.4. The molecule has 178 valence electrons. The van der Waals surface area contributed by atoms with E-state index >= 15 is 0 Å². The molecule has 1 spiro atoms. The van der Waals surface area contributed by atoms with E-state index in [9.17, 15) is 9.59 Å². The zero-order chi connectivity index (χ0) is 23.6. The van der Waals surface area contributed by atoms with Gasteiger partial charge in [0.25, 0.3) is 0 Å². The summed E-state index contributed by atoms with van der Waals surface area (Å²) >= 11 is 0. The van der Waals surface area contributed by atoms with Crippen molar-refractivity contribution in [1.29, 1.82) is 0 Å². The molecular weight excluding hydrogens is 434 g/mol. The maximum absolute atomic E-state index is 13.3. The first-order chi connectivity index (χ1) is 16.4. The Balaban J connectivity index is 1.05. The molecule has 3 aliphatic heterocycles. The van der Waals surface area contributed by atoms with Gasteiger partial charge in [-0.1, -0.05) is 5.10 Å². The summed E-state index contributed by atoms with van der Waals surface area (Å²) in [6, 6.07) is 2.79. The predicted molar refractivity (Wildman–Crippen MR) is 119 cm³/mol. The van der Waals surface area contributed by atoms with Crippen molar-refractivity contribution in [2.24, 2.45) is 5.41 Å². The van der Waals surface area contributed by atoms with E-state index in [1.807, 2.05) is 16.9 Å². The summed E-state index contributed by atoms with van der Waals surface area (Å²) in [5, 5.41) is 16.9. The van der Waals surface area contributed by atoms with Crippen molar-refractivity contribution in [2.45, 2.75) is 71.5 Å². The third-order valence-electron chi connectivity index (χ3n) is 8.17. The number of aryl methyl sites for hydroxylation is 1. The van der Waals surface area contributed by atoms with Gasteiger partial charge in [0.2, 0.25) is 5.91 Å². The molecule has 1 atom stereocenters. The number of cyclic esters (lactones) is 1. The summed E-state index contributed by atoms with van der Waals surface area (Å²) in [5.41, 5.74) is 4.26. The highest BCUT2D eigenvalue weighted by atomic mass is 16.5. The maximum atomic E-state index is 13.3. The molecule has 1 saturated carbocycles. The average Bonchev–Trinajstić information content (AvgIpc) is 3.19. The summed E-state index contributed by atoms with van der Waals surface area (Å²) in [7, 11) is 0. The number of amides is 1. The molecule has 0 aromatic carbocycles. The molecule has 4 aliphatic rings. The molecule has 2 aromatic heterocycles. The zero-order valence-electron chi connectivity index (χ0n) is 19.9. The molecule has 0 radical (unpaired) electrons. The summed E-state index contributed by atoms with van der Waals surface area (Å²) in [6.45, 7) is 7.48. The highest BCUT2D eigenvalue weighted by Gasteiger charge is 2.50. The van der Waals surface area contributed by atoms with Crippen LogP contribution in [0.5, 0.6) is 0 Å². The Morgan fingerprint density at radius 1 is 1.21 bits per heavy atom. The van der Waals surface area contributed by atoms with E-state index < -0.39 is 0 Å². The van der Waals surface area contributed by atoms with Crippen LogP contribution in [0.3, 0.4) is 0 Å². The summed E-state index contributed by atoms with van der Waals surface area (Å²) < 4.78 is 8.87. The third-order valence-corrected chi connectivity index (χ3v) is 8.17. The smallest absolute Gasteiger partial charge is 0.336 e. The number of fused-ring (bicyclic) bond motifs is 1. The van der Waals surface area contributed by atoms with Crippen LogP contribution >= 0.6 is 0 Å². The van der Waals surface area contributed by atoms with Crippen LogP contribution in [0, 0.1) is 12.3 Å². The first-order valence-corrected chi connectivity index (χ1v) is 12.1. The zero-order valence-corrected chi connectivity index (χ0v) is 19.9. The van der Waals surface area contributed by atoms with Crippen LogP contribution in [-0.2, 0) is 20.9 Å². The molecule has 10 heteroatoms. The molecule has 1 aliphatic carbocycles. The normalized spacial score (nSPS) is 28.1. The molecule has 1 N–H and O–H groups in total. The van der Waals surface area contributed by atoms with Gasteiger partial charge in [0.15, 0.2) is 11.7 Å². The number of carbonyl (C=O) groups excluding carboxylic acids is 2. The summed E-state index contributed by atoms with van der Waals surface area (Å²) in [5.74, 6) is 0.595. The number of aromatic nitrogens is 5. The molecule has 1 amide bonds. The van der Waals surface area contributed by atoms with Crippen LogP contribution in [0.15, 0.2) is 23.5 Å². The molecule has 1 unspecified atom stereocenters. The summed E-state index contributed by atoms with van der Waals surface area (Å²) in [4.78, 5) is 26.8. The van der Waals surface area contributed by atoms with Crippen molar-refractivity contribution in [3.05, 3.63) is 40.5 Å². The SMILES string of the molecule is CC1=C(N2CCC3(CCC(NCc4nnc(-[n+]5cc6n(n5)C6C)cc4C)CC3)C2=O)COC1=O. The standard InChI is InChI=1S/C24H30N7O3/c1-14-10-21(30-12-19-16(3)31(19)28-30)27-26-18(14)11-25-17-4-6-24(7-5-17)8-9-29(23(24)33)20-13-34-22(32)15(20)2/h10,12,16-17,25H,4-9,11,13H2,1-3H3/q+1. The molecule has 34 heavy (non-hydrogen) atoms. The number of nitrogens with zero attached hydrogens (tertiary/aromatic N) is 6. The first-order valence-electron chi connectivity index (χ1n) is 12.1. The lowest BCUT2D eigenvalue weighted by Gasteiger charge is -2.36. The second-order valence-electron chi connectivity index (χ2n) is 10.1. The number of nitrogens with one attached hydrogen (secondary N) is 1. The van der Waals surface area contributed by atoms with Gasteiger partial charge in [0.1, 0.15) is 12.8 Å². The Morgan fingerprint density at radius 3 is 2.65 bits per heavy atom. The molecule has 10 nitrogen and oxygen atoms in total. The van der Waals surface area contributed by atoms with E-state index in [0.29, 0.717) is 30.7 Å². The highest BCUT2D eigenvalue weighted by molar-refractivity contribution is 5.94. The van der Waals surface area contributed by atoms with E-state index in [0.717, 1.165) is 54.9 Å². The van der Waals surface area contributed by atoms with Crippen LogP contribution in [0.25, 0.3) is 5.82 Å². The fourth-order valence-corrected chi connectivity index (χ4v) is 5.66. The predicted octanol–water partition coefficient (Wildman–Crippen LogP) is 1.26. The van der Waals surface area contributed by atoms with Crippen molar-refractivity contribution in [3.63, 3.8) is 0 Å². The fourth-order valence-electron chi connectivity index (χ4n) is 5.66. The third kappa shape index (κ3) is 3.34. The minimum atomic E-state index is -0.307. The number of likely N-dealkylation sites (tertiary alicyclic amines) is 1. The van der Waals surface area contributed by atoms with Crippen LogP contribution < -0.4 is 10.00 Å². The lowest BCUT2D eigenvalue weighted by atomic mass is 9.71. The van der Waals surface area contributed by atoms with Gasteiger partial charge in [-0.05, 0) is 58.4 Å². The second kappa shape index (κ2) is 7.69.